The lowest BCUT2D eigenvalue weighted by atomic mass is 10.2. The van der Waals surface area contributed by atoms with Crippen LogP contribution in [-0.2, 0) is 0 Å². The number of hydrogen-bond donors (Lipinski definition) is 0. The predicted molar refractivity (Wildman–Crippen MR) is 67.1 cm³/mol. The van der Waals surface area contributed by atoms with Crippen LogP contribution in [0.25, 0.3) is 0 Å². The second-order valence-corrected chi connectivity index (χ2v) is 3.87. The third-order valence-electron chi connectivity index (χ3n) is 2.15. The molecule has 6 nitrogen and oxygen atoms in total. The van der Waals surface area contributed by atoms with Crippen LogP contribution in [-0.4, -0.2) is 9.91 Å². The fraction of sp³-hybridized carbons (Fsp3) is 0. The van der Waals surface area contributed by atoms with Crippen molar-refractivity contribution in [3.8, 4) is 17.7 Å². The van der Waals surface area contributed by atoms with Crippen LogP contribution in [0.4, 0.5) is 5.69 Å². The molecule has 0 spiro atoms. The van der Waals surface area contributed by atoms with E-state index in [-0.39, 0.29) is 16.7 Å². The third-order valence-corrected chi connectivity index (χ3v) is 2.35. The standard InChI is InChI=1S/C12H6ClN3O3/c13-11-5-9(16(17)18)6-12(15-11)19-10-3-1-2-8(4-10)7-14/h1-6H. The highest BCUT2D eigenvalue weighted by Gasteiger charge is 2.11. The van der Waals surface area contributed by atoms with Crippen molar-refractivity contribution in [1.82, 2.24) is 4.98 Å². The van der Waals surface area contributed by atoms with Crippen LogP contribution in [0.5, 0.6) is 11.6 Å². The van der Waals surface area contributed by atoms with Crippen LogP contribution < -0.4 is 4.74 Å². The Kier molecular flexibility index (Phi) is 3.59. The van der Waals surface area contributed by atoms with E-state index in [9.17, 15) is 10.1 Å². The number of nitriles is 1. The minimum absolute atomic E-state index is 0.00529. The van der Waals surface area contributed by atoms with Gasteiger partial charge in [-0.1, -0.05) is 17.7 Å². The van der Waals surface area contributed by atoms with Crippen LogP contribution >= 0.6 is 11.6 Å². The van der Waals surface area contributed by atoms with Gasteiger partial charge in [-0.15, -0.1) is 0 Å². The van der Waals surface area contributed by atoms with Crippen molar-refractivity contribution in [1.29, 1.82) is 5.26 Å². The number of nitrogens with zero attached hydrogens (tertiary/aromatic N) is 3. The van der Waals surface area contributed by atoms with Gasteiger partial charge in [-0.25, -0.2) is 4.98 Å². The van der Waals surface area contributed by atoms with E-state index in [0.29, 0.717) is 11.3 Å². The summed E-state index contributed by atoms with van der Waals surface area (Å²) in [6.07, 6.45) is 0. The van der Waals surface area contributed by atoms with Gasteiger partial charge in [0.25, 0.3) is 5.69 Å². The van der Waals surface area contributed by atoms with Crippen molar-refractivity contribution < 1.29 is 9.66 Å². The summed E-state index contributed by atoms with van der Waals surface area (Å²) in [4.78, 5) is 13.9. The lowest BCUT2D eigenvalue weighted by Gasteiger charge is -2.05. The van der Waals surface area contributed by atoms with Gasteiger partial charge in [-0.3, -0.25) is 10.1 Å². The van der Waals surface area contributed by atoms with Gasteiger partial charge in [-0.05, 0) is 18.2 Å². The molecule has 19 heavy (non-hydrogen) atoms. The molecule has 0 N–H and O–H groups in total. The first-order valence-corrected chi connectivity index (χ1v) is 5.46. The molecule has 2 rings (SSSR count). The molecule has 0 aliphatic heterocycles. The van der Waals surface area contributed by atoms with Gasteiger partial charge in [0.05, 0.1) is 28.7 Å². The summed E-state index contributed by atoms with van der Waals surface area (Å²) in [5, 5.41) is 19.4. The normalized spacial score (nSPS) is 9.68. The largest absolute Gasteiger partial charge is 0.439 e. The molecule has 0 amide bonds. The Balaban J connectivity index is 2.33. The van der Waals surface area contributed by atoms with Gasteiger partial charge in [0.2, 0.25) is 5.88 Å². The Labute approximate surface area is 113 Å². The smallest absolute Gasteiger partial charge is 0.277 e. The van der Waals surface area contributed by atoms with Crippen LogP contribution in [0.2, 0.25) is 5.15 Å². The molecule has 0 fully saturated rings. The van der Waals surface area contributed by atoms with Crippen molar-refractivity contribution >= 4 is 17.3 Å². The van der Waals surface area contributed by atoms with E-state index in [1.54, 1.807) is 18.2 Å². The van der Waals surface area contributed by atoms with Crippen LogP contribution in [0.15, 0.2) is 36.4 Å². The first kappa shape index (κ1) is 12.8. The van der Waals surface area contributed by atoms with Gasteiger partial charge in [0, 0.05) is 0 Å². The molecule has 0 radical (unpaired) electrons. The van der Waals surface area contributed by atoms with Gasteiger partial charge in [0.15, 0.2) is 0 Å². The van der Waals surface area contributed by atoms with E-state index in [4.69, 9.17) is 21.6 Å². The Morgan fingerprint density at radius 1 is 1.37 bits per heavy atom. The van der Waals surface area contributed by atoms with Gasteiger partial charge < -0.3 is 4.74 Å². The van der Waals surface area contributed by atoms with Crippen molar-refractivity contribution in [2.75, 3.05) is 0 Å². The molecule has 1 aromatic heterocycles. The van der Waals surface area contributed by atoms with E-state index < -0.39 is 4.92 Å². The summed E-state index contributed by atoms with van der Waals surface area (Å²) in [6.45, 7) is 0. The minimum atomic E-state index is -0.591. The summed E-state index contributed by atoms with van der Waals surface area (Å²) in [5.74, 6) is 0.345. The number of aromatic nitrogens is 1. The number of halogens is 1. The number of rotatable bonds is 3. The highest BCUT2D eigenvalue weighted by molar-refractivity contribution is 6.29. The summed E-state index contributed by atoms with van der Waals surface area (Å²) in [6, 6.07) is 10.6. The molecule has 0 saturated heterocycles. The summed E-state index contributed by atoms with van der Waals surface area (Å²) < 4.78 is 5.34. The van der Waals surface area contributed by atoms with E-state index in [2.05, 4.69) is 4.98 Å². The van der Waals surface area contributed by atoms with E-state index >= 15 is 0 Å². The first-order valence-electron chi connectivity index (χ1n) is 5.08. The number of pyridine rings is 1. The van der Waals surface area contributed by atoms with E-state index in [1.165, 1.54) is 6.07 Å². The van der Waals surface area contributed by atoms with Gasteiger partial charge in [0.1, 0.15) is 10.9 Å². The molecule has 0 aliphatic carbocycles. The van der Waals surface area contributed by atoms with Crippen LogP contribution in [0.3, 0.4) is 0 Å². The Bertz CT molecular complexity index is 682. The Morgan fingerprint density at radius 2 is 2.16 bits per heavy atom. The second kappa shape index (κ2) is 5.33. The number of nitro groups is 1. The maximum absolute atomic E-state index is 10.7. The predicted octanol–water partition coefficient (Wildman–Crippen LogP) is 3.31. The lowest BCUT2D eigenvalue weighted by Crippen LogP contribution is -1.93. The maximum Gasteiger partial charge on any atom is 0.277 e. The fourth-order valence-corrected chi connectivity index (χ4v) is 1.56. The molecular weight excluding hydrogens is 270 g/mol. The van der Waals surface area contributed by atoms with Crippen LogP contribution in [0, 0.1) is 21.4 Å². The molecule has 1 aromatic carbocycles. The number of ether oxygens (including phenoxy) is 1. The SMILES string of the molecule is N#Cc1cccc(Oc2cc([N+](=O)[O-])cc(Cl)n2)c1. The molecule has 94 valence electrons. The van der Waals surface area contributed by atoms with Crippen LogP contribution in [0.1, 0.15) is 5.56 Å². The molecule has 7 heteroatoms. The minimum Gasteiger partial charge on any atom is -0.439 e. The number of benzene rings is 1. The molecule has 0 aliphatic rings. The quantitative estimate of drug-likeness (QED) is 0.487. The molecule has 0 bridgehead atoms. The summed E-state index contributed by atoms with van der Waals surface area (Å²) >= 11 is 5.67. The van der Waals surface area contributed by atoms with Crippen molar-refractivity contribution in [3.63, 3.8) is 0 Å². The summed E-state index contributed by atoms with van der Waals surface area (Å²) in [5.41, 5.74) is 0.195. The first-order chi connectivity index (χ1) is 9.08. The van der Waals surface area contributed by atoms with E-state index in [1.807, 2.05) is 6.07 Å². The Hall–Kier alpha value is -2.65. The highest BCUT2D eigenvalue weighted by Crippen LogP contribution is 2.26. The molecule has 0 atom stereocenters. The zero-order chi connectivity index (χ0) is 13.8. The van der Waals surface area contributed by atoms with E-state index in [0.717, 1.165) is 12.1 Å². The molecule has 1 heterocycles. The molecule has 0 saturated carbocycles. The average molecular weight is 276 g/mol. The monoisotopic (exact) mass is 275 g/mol. The van der Waals surface area contributed by atoms with Crippen molar-refractivity contribution in [2.45, 2.75) is 0 Å². The number of hydrogen-bond acceptors (Lipinski definition) is 5. The topological polar surface area (TPSA) is 89.0 Å². The second-order valence-electron chi connectivity index (χ2n) is 3.49. The van der Waals surface area contributed by atoms with Gasteiger partial charge in [-0.2, -0.15) is 5.26 Å². The fourth-order valence-electron chi connectivity index (χ4n) is 1.37. The molecule has 0 unspecified atom stereocenters. The van der Waals surface area contributed by atoms with Crippen molar-refractivity contribution in [2.24, 2.45) is 0 Å². The van der Waals surface area contributed by atoms with Crippen molar-refractivity contribution in [3.05, 3.63) is 57.2 Å². The average Bonchev–Trinajstić information content (AvgIpc) is 2.38. The zero-order valence-electron chi connectivity index (χ0n) is 9.41. The van der Waals surface area contributed by atoms with Gasteiger partial charge >= 0.3 is 0 Å². The summed E-state index contributed by atoms with van der Waals surface area (Å²) in [7, 11) is 0. The lowest BCUT2D eigenvalue weighted by molar-refractivity contribution is -0.385. The Morgan fingerprint density at radius 3 is 2.84 bits per heavy atom. The molecule has 2 aromatic rings. The maximum atomic E-state index is 10.7. The zero-order valence-corrected chi connectivity index (χ0v) is 10.2. The molecular formula is C12H6ClN3O3. The third kappa shape index (κ3) is 3.18. The highest BCUT2D eigenvalue weighted by atomic mass is 35.5.